The van der Waals surface area contributed by atoms with E-state index in [-0.39, 0.29) is 6.61 Å². The summed E-state index contributed by atoms with van der Waals surface area (Å²) in [6.45, 7) is -0.0250. The van der Waals surface area contributed by atoms with E-state index in [0.717, 1.165) is 84.2 Å². The first-order valence-electron chi connectivity index (χ1n) is 23.8. The molecule has 0 heterocycles. The molecule has 11 aromatic rings. The highest BCUT2D eigenvalue weighted by molar-refractivity contribution is 5.99. The Labute approximate surface area is 411 Å². The largest absolute Gasteiger partial charge is 0.392 e. The van der Waals surface area contributed by atoms with Crippen LogP contribution >= 0.6 is 0 Å². The Bertz CT molecular complexity index is 3270. The summed E-state index contributed by atoms with van der Waals surface area (Å²) in [6.07, 6.45) is 0. The van der Waals surface area contributed by atoms with E-state index in [2.05, 4.69) is 283 Å². The normalized spacial score (nSPS) is 11.0. The monoisotopic (exact) mass is 898 g/mol. The van der Waals surface area contributed by atoms with Gasteiger partial charge in [0.05, 0.1) is 18.0 Å². The van der Waals surface area contributed by atoms with Crippen molar-refractivity contribution in [3.63, 3.8) is 0 Å². The van der Waals surface area contributed by atoms with Gasteiger partial charge in [-0.1, -0.05) is 224 Å². The number of aliphatic hydroxyl groups is 1. The molecule has 334 valence electrons. The van der Waals surface area contributed by atoms with Gasteiger partial charge in [-0.25, -0.2) is 0 Å². The van der Waals surface area contributed by atoms with Crippen LogP contribution in [0.3, 0.4) is 0 Å². The molecule has 0 aliphatic rings. The van der Waals surface area contributed by atoms with Crippen LogP contribution in [0.1, 0.15) is 5.56 Å². The molecule has 3 nitrogen and oxygen atoms in total. The SMILES string of the molecule is OCc1ccc(-c2cc(N(c3ccc(-c4ccccc4)cc3)c3ccc(-c4ccccc4)cc3)c(N(c3ccc(-c4ccccc4)cc3)c3ccc(-c4ccccc4)cc3)cc2-c2ccccc2)cc1. The van der Waals surface area contributed by atoms with E-state index >= 15 is 0 Å². The third-order valence-electron chi connectivity index (χ3n) is 13.1. The highest BCUT2D eigenvalue weighted by atomic mass is 16.3. The summed E-state index contributed by atoms with van der Waals surface area (Å²) >= 11 is 0. The van der Waals surface area contributed by atoms with Crippen molar-refractivity contribution in [2.45, 2.75) is 6.61 Å². The maximum absolute atomic E-state index is 10.2. The molecule has 0 fully saturated rings. The van der Waals surface area contributed by atoms with Crippen molar-refractivity contribution in [1.29, 1.82) is 0 Å². The highest BCUT2D eigenvalue weighted by Gasteiger charge is 2.26. The van der Waals surface area contributed by atoms with Gasteiger partial charge in [-0.05, 0) is 133 Å². The predicted molar refractivity (Wildman–Crippen MR) is 294 cm³/mol. The smallest absolute Gasteiger partial charge is 0.0709 e. The molecule has 0 saturated heterocycles. The van der Waals surface area contributed by atoms with Crippen LogP contribution in [0, 0.1) is 0 Å². The lowest BCUT2D eigenvalue weighted by Crippen LogP contribution is -2.17. The van der Waals surface area contributed by atoms with Crippen LogP contribution in [0.5, 0.6) is 0 Å². The lowest BCUT2D eigenvalue weighted by molar-refractivity contribution is 0.282. The van der Waals surface area contributed by atoms with Gasteiger partial charge in [-0.2, -0.15) is 0 Å². The van der Waals surface area contributed by atoms with E-state index in [1.165, 1.54) is 22.3 Å². The Kier molecular flexibility index (Phi) is 12.5. The molecule has 0 unspecified atom stereocenters. The third kappa shape index (κ3) is 9.18. The van der Waals surface area contributed by atoms with E-state index in [1.54, 1.807) is 0 Å². The van der Waals surface area contributed by atoms with Crippen molar-refractivity contribution < 1.29 is 5.11 Å². The van der Waals surface area contributed by atoms with E-state index in [4.69, 9.17) is 0 Å². The molecule has 1 N–H and O–H groups in total. The van der Waals surface area contributed by atoms with Gasteiger partial charge in [0.25, 0.3) is 0 Å². The zero-order valence-corrected chi connectivity index (χ0v) is 38.7. The van der Waals surface area contributed by atoms with Gasteiger partial charge in [0.2, 0.25) is 0 Å². The second-order valence-corrected chi connectivity index (χ2v) is 17.4. The molecular weight excluding hydrogens is 849 g/mol. The molecule has 3 heteroatoms. The Morgan fingerprint density at radius 2 is 0.443 bits per heavy atom. The Morgan fingerprint density at radius 3 is 0.700 bits per heavy atom. The summed E-state index contributed by atoms with van der Waals surface area (Å²) in [5, 5.41) is 10.2. The molecule has 0 aliphatic carbocycles. The van der Waals surface area contributed by atoms with Crippen LogP contribution in [0.15, 0.2) is 285 Å². The first kappa shape index (κ1) is 43.5. The topological polar surface area (TPSA) is 26.7 Å². The molecule has 11 aromatic carbocycles. The molecule has 0 aromatic heterocycles. The van der Waals surface area contributed by atoms with Gasteiger partial charge in [0.15, 0.2) is 0 Å². The Hall–Kier alpha value is -9.02. The van der Waals surface area contributed by atoms with Crippen LogP contribution < -0.4 is 9.80 Å². The standard InChI is InChI=1S/C67H50N2O/c70-48-49-26-28-59(29-27-49)65-47-67(69(62-42-34-56(35-43-62)52-20-10-3-11-21-52)63-44-36-57(37-45-63)53-22-12-4-13-23-53)66(46-64(65)58-24-14-5-15-25-58)68(60-38-30-54(31-39-60)50-16-6-1-7-17-50)61-40-32-55(33-41-61)51-18-8-2-9-19-51/h1-47,70H,48H2. The second-order valence-electron chi connectivity index (χ2n) is 17.4. The summed E-state index contributed by atoms with van der Waals surface area (Å²) in [5.74, 6) is 0. The average Bonchev–Trinajstić information content (AvgIpc) is 3.45. The first-order chi connectivity index (χ1) is 34.7. The van der Waals surface area contributed by atoms with Gasteiger partial charge in [0.1, 0.15) is 0 Å². The van der Waals surface area contributed by atoms with Gasteiger partial charge < -0.3 is 14.9 Å². The minimum atomic E-state index is -0.0250. The average molecular weight is 899 g/mol. The fourth-order valence-corrected chi connectivity index (χ4v) is 9.41. The Morgan fingerprint density at radius 1 is 0.229 bits per heavy atom. The zero-order chi connectivity index (χ0) is 47.1. The summed E-state index contributed by atoms with van der Waals surface area (Å²) in [7, 11) is 0. The third-order valence-corrected chi connectivity index (χ3v) is 13.1. The van der Waals surface area contributed by atoms with Gasteiger partial charge in [0, 0.05) is 22.7 Å². The van der Waals surface area contributed by atoms with Crippen molar-refractivity contribution in [3.8, 4) is 66.8 Å². The van der Waals surface area contributed by atoms with Crippen molar-refractivity contribution in [3.05, 3.63) is 291 Å². The van der Waals surface area contributed by atoms with Crippen LogP contribution in [0.25, 0.3) is 66.8 Å². The molecule has 70 heavy (non-hydrogen) atoms. The lowest BCUT2D eigenvalue weighted by Gasteiger charge is -2.35. The molecule has 0 radical (unpaired) electrons. The molecule has 0 aliphatic heterocycles. The summed E-state index contributed by atoms with van der Waals surface area (Å²) in [6, 6.07) is 102. The van der Waals surface area contributed by atoms with E-state index in [9.17, 15) is 5.11 Å². The molecular formula is C67H50N2O. The zero-order valence-electron chi connectivity index (χ0n) is 38.7. The minimum Gasteiger partial charge on any atom is -0.392 e. The number of hydrogen-bond donors (Lipinski definition) is 1. The second kappa shape index (κ2) is 20.1. The highest BCUT2D eigenvalue weighted by Crippen LogP contribution is 2.51. The van der Waals surface area contributed by atoms with Crippen LogP contribution in [-0.2, 0) is 6.61 Å². The molecule has 0 amide bonds. The maximum Gasteiger partial charge on any atom is 0.0709 e. The van der Waals surface area contributed by atoms with Gasteiger partial charge in [-0.15, -0.1) is 0 Å². The lowest BCUT2D eigenvalue weighted by atomic mass is 9.91. The first-order valence-corrected chi connectivity index (χ1v) is 23.8. The Balaban J connectivity index is 1.19. The van der Waals surface area contributed by atoms with Crippen molar-refractivity contribution >= 4 is 34.1 Å². The van der Waals surface area contributed by atoms with Crippen LogP contribution in [-0.4, -0.2) is 5.11 Å². The predicted octanol–water partition coefficient (Wildman–Crippen LogP) is 18.1. The summed E-state index contributed by atoms with van der Waals surface area (Å²) in [4.78, 5) is 4.82. The van der Waals surface area contributed by atoms with E-state index < -0.39 is 0 Å². The van der Waals surface area contributed by atoms with Crippen LogP contribution in [0.2, 0.25) is 0 Å². The molecule has 0 saturated carbocycles. The van der Waals surface area contributed by atoms with Crippen molar-refractivity contribution in [2.75, 3.05) is 9.80 Å². The molecule has 11 rings (SSSR count). The molecule has 0 bridgehead atoms. The number of rotatable bonds is 13. The number of anilines is 6. The van der Waals surface area contributed by atoms with Crippen molar-refractivity contribution in [1.82, 2.24) is 0 Å². The van der Waals surface area contributed by atoms with E-state index in [0.29, 0.717) is 0 Å². The van der Waals surface area contributed by atoms with Crippen LogP contribution in [0.4, 0.5) is 34.1 Å². The number of aliphatic hydroxyl groups excluding tert-OH is 1. The van der Waals surface area contributed by atoms with Crippen molar-refractivity contribution in [2.24, 2.45) is 0 Å². The number of nitrogens with zero attached hydrogens (tertiary/aromatic N) is 2. The van der Waals surface area contributed by atoms with Gasteiger partial charge >= 0.3 is 0 Å². The minimum absolute atomic E-state index is 0.0250. The maximum atomic E-state index is 10.2. The number of benzene rings is 11. The summed E-state index contributed by atoms with van der Waals surface area (Å²) in [5.41, 5.74) is 20.5. The fraction of sp³-hybridized carbons (Fsp3) is 0.0149. The number of hydrogen-bond acceptors (Lipinski definition) is 3. The summed E-state index contributed by atoms with van der Waals surface area (Å²) < 4.78 is 0. The quantitative estimate of drug-likeness (QED) is 0.125. The molecule has 0 spiro atoms. The van der Waals surface area contributed by atoms with Gasteiger partial charge in [-0.3, -0.25) is 0 Å². The fourth-order valence-electron chi connectivity index (χ4n) is 9.41. The van der Waals surface area contributed by atoms with E-state index in [1.807, 2.05) is 12.1 Å². The molecule has 0 atom stereocenters.